The van der Waals surface area contributed by atoms with Crippen molar-refractivity contribution in [1.29, 1.82) is 0 Å². The molecule has 0 N–H and O–H groups in total. The Morgan fingerprint density at radius 1 is 0.879 bits per heavy atom. The van der Waals surface area contributed by atoms with E-state index in [-0.39, 0.29) is 18.3 Å². The number of aryl methyl sites for hydroxylation is 2. The first-order valence-electron chi connectivity index (χ1n) is 11.3. The van der Waals surface area contributed by atoms with E-state index in [0.29, 0.717) is 62.9 Å². The minimum absolute atomic E-state index is 0.0358. The normalized spacial score (nSPS) is 18.5. The number of halogens is 1. The van der Waals surface area contributed by atoms with Gasteiger partial charge in [0, 0.05) is 52.4 Å². The standard InChI is InChI=1S/C24H31FN4O3S/c1-19-7-8-21(17-20(19)2)33(31,32)29-15-9-26(10-16-29)18-24(30)28-13-11-27(12-14-28)23-6-4-3-5-22(23)25/h3-8,17H,9-16,18H2,1-2H3. The van der Waals surface area contributed by atoms with E-state index in [2.05, 4.69) is 0 Å². The summed E-state index contributed by atoms with van der Waals surface area (Å²) >= 11 is 0. The summed E-state index contributed by atoms with van der Waals surface area (Å²) in [6.07, 6.45) is 0. The number of anilines is 1. The SMILES string of the molecule is Cc1ccc(S(=O)(=O)N2CCN(CC(=O)N3CCN(c4ccccc4F)CC3)CC2)cc1C. The monoisotopic (exact) mass is 474 g/mol. The number of sulfonamides is 1. The van der Waals surface area contributed by atoms with Gasteiger partial charge in [0.1, 0.15) is 5.82 Å². The van der Waals surface area contributed by atoms with Gasteiger partial charge in [-0.25, -0.2) is 12.8 Å². The maximum atomic E-state index is 14.0. The van der Waals surface area contributed by atoms with Crippen LogP contribution < -0.4 is 4.90 Å². The molecule has 9 heteroatoms. The van der Waals surface area contributed by atoms with Gasteiger partial charge < -0.3 is 9.80 Å². The van der Waals surface area contributed by atoms with Crippen molar-refractivity contribution < 1.29 is 17.6 Å². The topological polar surface area (TPSA) is 64.2 Å². The molecular formula is C24H31FN4O3S. The second kappa shape index (κ2) is 9.79. The van der Waals surface area contributed by atoms with E-state index in [4.69, 9.17) is 0 Å². The Bertz CT molecular complexity index is 1110. The van der Waals surface area contributed by atoms with E-state index in [0.717, 1.165) is 11.1 Å². The Hall–Kier alpha value is -2.49. The average molecular weight is 475 g/mol. The number of carbonyl (C=O) groups is 1. The van der Waals surface area contributed by atoms with Crippen LogP contribution in [-0.4, -0.2) is 87.3 Å². The summed E-state index contributed by atoms with van der Waals surface area (Å²) in [6, 6.07) is 11.9. The lowest BCUT2D eigenvalue weighted by atomic mass is 10.1. The minimum Gasteiger partial charge on any atom is -0.366 e. The highest BCUT2D eigenvalue weighted by atomic mass is 32.2. The third-order valence-corrected chi connectivity index (χ3v) is 8.53. The van der Waals surface area contributed by atoms with Gasteiger partial charge in [0.25, 0.3) is 0 Å². The Balaban J connectivity index is 1.27. The smallest absolute Gasteiger partial charge is 0.243 e. The van der Waals surface area contributed by atoms with Crippen LogP contribution in [0.25, 0.3) is 0 Å². The lowest BCUT2D eigenvalue weighted by Crippen LogP contribution is -2.54. The van der Waals surface area contributed by atoms with E-state index >= 15 is 0 Å². The average Bonchev–Trinajstić information content (AvgIpc) is 2.81. The molecule has 33 heavy (non-hydrogen) atoms. The molecule has 0 saturated carbocycles. The van der Waals surface area contributed by atoms with Crippen molar-refractivity contribution >= 4 is 21.6 Å². The molecule has 0 spiro atoms. The van der Waals surface area contributed by atoms with Crippen LogP contribution in [0.15, 0.2) is 47.4 Å². The number of hydrogen-bond donors (Lipinski definition) is 0. The van der Waals surface area contributed by atoms with Crippen LogP contribution in [0, 0.1) is 19.7 Å². The molecule has 2 aromatic carbocycles. The lowest BCUT2D eigenvalue weighted by molar-refractivity contribution is -0.133. The Labute approximate surface area is 195 Å². The van der Waals surface area contributed by atoms with E-state index in [1.807, 2.05) is 40.7 Å². The van der Waals surface area contributed by atoms with Gasteiger partial charge >= 0.3 is 0 Å². The van der Waals surface area contributed by atoms with Crippen molar-refractivity contribution in [2.45, 2.75) is 18.7 Å². The van der Waals surface area contributed by atoms with Gasteiger partial charge in [0.05, 0.1) is 17.1 Å². The van der Waals surface area contributed by atoms with E-state index in [1.54, 1.807) is 24.3 Å². The number of carbonyl (C=O) groups excluding carboxylic acids is 1. The van der Waals surface area contributed by atoms with Crippen molar-refractivity contribution in [2.75, 3.05) is 63.8 Å². The zero-order chi connectivity index (χ0) is 23.6. The maximum absolute atomic E-state index is 14.0. The molecule has 0 radical (unpaired) electrons. The first kappa shape index (κ1) is 23.7. The first-order valence-corrected chi connectivity index (χ1v) is 12.8. The van der Waals surface area contributed by atoms with Crippen molar-refractivity contribution in [3.05, 3.63) is 59.4 Å². The lowest BCUT2D eigenvalue weighted by Gasteiger charge is -2.38. The minimum atomic E-state index is -3.53. The predicted octanol–water partition coefficient (Wildman–Crippen LogP) is 2.10. The van der Waals surface area contributed by atoms with Crippen LogP contribution in [0.1, 0.15) is 11.1 Å². The fraction of sp³-hybridized carbons (Fsp3) is 0.458. The van der Waals surface area contributed by atoms with E-state index in [9.17, 15) is 17.6 Å². The number of rotatable bonds is 5. The molecule has 0 atom stereocenters. The van der Waals surface area contributed by atoms with Gasteiger partial charge in [0.15, 0.2) is 0 Å². The summed E-state index contributed by atoms with van der Waals surface area (Å²) in [6.45, 7) is 8.20. The molecule has 2 aliphatic heterocycles. The molecule has 2 fully saturated rings. The number of benzene rings is 2. The van der Waals surface area contributed by atoms with Gasteiger partial charge in [-0.15, -0.1) is 0 Å². The summed E-state index contributed by atoms with van der Waals surface area (Å²) in [5.74, 6) is -0.209. The van der Waals surface area contributed by atoms with E-state index < -0.39 is 10.0 Å². The summed E-state index contributed by atoms with van der Waals surface area (Å²) in [7, 11) is -3.53. The molecule has 7 nitrogen and oxygen atoms in total. The Morgan fingerprint density at radius 2 is 1.55 bits per heavy atom. The highest BCUT2D eigenvalue weighted by Gasteiger charge is 2.30. The van der Waals surface area contributed by atoms with Crippen LogP contribution in [0.2, 0.25) is 0 Å². The number of hydrogen-bond acceptors (Lipinski definition) is 5. The van der Waals surface area contributed by atoms with Crippen LogP contribution in [0.3, 0.4) is 0 Å². The largest absolute Gasteiger partial charge is 0.366 e. The summed E-state index contributed by atoms with van der Waals surface area (Å²) in [5.41, 5.74) is 2.59. The fourth-order valence-electron chi connectivity index (χ4n) is 4.35. The molecule has 178 valence electrons. The fourth-order valence-corrected chi connectivity index (χ4v) is 5.86. The molecule has 0 aliphatic carbocycles. The molecule has 4 rings (SSSR count). The van der Waals surface area contributed by atoms with Gasteiger partial charge in [-0.3, -0.25) is 9.69 Å². The number of amides is 1. The highest BCUT2D eigenvalue weighted by molar-refractivity contribution is 7.89. The second-order valence-corrected chi connectivity index (χ2v) is 10.7. The van der Waals surface area contributed by atoms with Crippen LogP contribution >= 0.6 is 0 Å². The van der Waals surface area contributed by atoms with Crippen molar-refractivity contribution in [3.8, 4) is 0 Å². The second-order valence-electron chi connectivity index (χ2n) is 8.75. The molecule has 2 saturated heterocycles. The molecule has 2 aromatic rings. The van der Waals surface area contributed by atoms with Gasteiger partial charge in [0.2, 0.25) is 15.9 Å². The zero-order valence-corrected chi connectivity index (χ0v) is 20.0. The summed E-state index contributed by atoms with van der Waals surface area (Å²) in [5, 5.41) is 0. The Kier molecular flexibility index (Phi) is 7.02. The number of nitrogens with zero attached hydrogens (tertiary/aromatic N) is 4. The number of para-hydroxylation sites is 1. The van der Waals surface area contributed by atoms with Crippen molar-refractivity contribution in [1.82, 2.24) is 14.1 Å². The van der Waals surface area contributed by atoms with Crippen LogP contribution in [0.5, 0.6) is 0 Å². The molecule has 0 unspecified atom stereocenters. The van der Waals surface area contributed by atoms with Crippen LogP contribution in [0.4, 0.5) is 10.1 Å². The number of piperazine rings is 2. The molecule has 1 amide bonds. The molecule has 2 aliphatic rings. The molecular weight excluding hydrogens is 443 g/mol. The summed E-state index contributed by atoms with van der Waals surface area (Å²) in [4.78, 5) is 18.9. The van der Waals surface area contributed by atoms with Gasteiger partial charge in [-0.05, 0) is 49.2 Å². The molecule has 2 heterocycles. The van der Waals surface area contributed by atoms with Crippen molar-refractivity contribution in [2.24, 2.45) is 0 Å². The quantitative estimate of drug-likeness (QED) is 0.664. The predicted molar refractivity (Wildman–Crippen MR) is 126 cm³/mol. The zero-order valence-electron chi connectivity index (χ0n) is 19.2. The van der Waals surface area contributed by atoms with Gasteiger partial charge in [-0.1, -0.05) is 18.2 Å². The van der Waals surface area contributed by atoms with E-state index in [1.165, 1.54) is 10.4 Å². The van der Waals surface area contributed by atoms with Gasteiger partial charge in [-0.2, -0.15) is 4.31 Å². The maximum Gasteiger partial charge on any atom is 0.243 e. The van der Waals surface area contributed by atoms with Crippen LogP contribution in [-0.2, 0) is 14.8 Å². The van der Waals surface area contributed by atoms with Crippen molar-refractivity contribution in [3.63, 3.8) is 0 Å². The summed E-state index contributed by atoms with van der Waals surface area (Å²) < 4.78 is 41.5. The third-order valence-electron chi connectivity index (χ3n) is 6.63. The highest BCUT2D eigenvalue weighted by Crippen LogP contribution is 2.22. The molecule has 0 bridgehead atoms. The first-order chi connectivity index (χ1) is 15.8. The molecule has 0 aromatic heterocycles. The third kappa shape index (κ3) is 5.20. The Morgan fingerprint density at radius 3 is 2.18 bits per heavy atom.